The number of benzene rings is 1. The maximum absolute atomic E-state index is 12.0. The summed E-state index contributed by atoms with van der Waals surface area (Å²) in [5.74, 6) is 5.20. The fraction of sp³-hybridized carbons (Fsp3) is 0.0625. The molecule has 0 saturated carbocycles. The number of anilines is 1. The first-order valence-corrected chi connectivity index (χ1v) is 6.11. The Labute approximate surface area is 121 Å². The number of nitrogens with zero attached hydrogens (tertiary/aromatic N) is 2. The molecular weight excluding hydrogens is 266 g/mol. The van der Waals surface area contributed by atoms with Crippen molar-refractivity contribution in [1.29, 1.82) is 5.26 Å². The van der Waals surface area contributed by atoms with E-state index in [2.05, 4.69) is 22.1 Å². The summed E-state index contributed by atoms with van der Waals surface area (Å²) in [5, 5.41) is 20.0. The molecule has 1 amide bonds. The molecule has 0 fully saturated rings. The molecule has 0 unspecified atom stereocenters. The molecule has 2 N–H and O–H groups in total. The number of rotatable bonds is 2. The predicted molar refractivity (Wildman–Crippen MR) is 77.3 cm³/mol. The van der Waals surface area contributed by atoms with Crippen molar-refractivity contribution in [1.82, 2.24) is 4.98 Å². The monoisotopic (exact) mass is 277 g/mol. The molecule has 2 rings (SSSR count). The molecule has 0 spiro atoms. The summed E-state index contributed by atoms with van der Waals surface area (Å²) in [7, 11) is 0. The molecule has 0 aliphatic rings. The molecule has 1 heterocycles. The second kappa shape index (κ2) is 6.85. The third-order valence-electron chi connectivity index (χ3n) is 2.56. The van der Waals surface area contributed by atoms with E-state index < -0.39 is 0 Å². The highest BCUT2D eigenvalue weighted by Gasteiger charge is 2.06. The Morgan fingerprint density at radius 2 is 2.00 bits per heavy atom. The number of aliphatic hydroxyl groups is 1. The van der Waals surface area contributed by atoms with Crippen molar-refractivity contribution in [2.75, 3.05) is 11.9 Å². The summed E-state index contributed by atoms with van der Waals surface area (Å²) in [4.78, 5) is 16.2. The number of pyridine rings is 1. The highest BCUT2D eigenvalue weighted by atomic mass is 16.2. The zero-order chi connectivity index (χ0) is 15.1. The SMILES string of the molecule is N#Cc1ccc(C(=O)Nc2cccc(C#CCO)n2)cc1. The predicted octanol–water partition coefficient (Wildman–Crippen LogP) is 1.55. The lowest BCUT2D eigenvalue weighted by Gasteiger charge is -2.04. The number of nitriles is 1. The first-order valence-electron chi connectivity index (χ1n) is 6.11. The zero-order valence-corrected chi connectivity index (χ0v) is 11.0. The third kappa shape index (κ3) is 3.90. The Balaban J connectivity index is 2.13. The maximum Gasteiger partial charge on any atom is 0.256 e. The van der Waals surface area contributed by atoms with Crippen LogP contribution >= 0.6 is 0 Å². The van der Waals surface area contributed by atoms with Gasteiger partial charge in [0.2, 0.25) is 0 Å². The standard InChI is InChI=1S/C16H11N3O2/c17-11-12-6-8-13(9-7-12)16(21)19-15-5-1-3-14(18-15)4-2-10-20/h1,3,5-9,20H,10H2,(H,18,19,21). The number of nitrogens with one attached hydrogen (secondary N) is 1. The van der Waals surface area contributed by atoms with Crippen LogP contribution in [0, 0.1) is 23.2 Å². The Hall–Kier alpha value is -3.15. The van der Waals surface area contributed by atoms with E-state index in [0.717, 1.165) is 0 Å². The van der Waals surface area contributed by atoms with Crippen LogP contribution in [0.1, 0.15) is 21.6 Å². The van der Waals surface area contributed by atoms with Crippen LogP contribution in [0.15, 0.2) is 42.5 Å². The van der Waals surface area contributed by atoms with Gasteiger partial charge in [0.15, 0.2) is 0 Å². The van der Waals surface area contributed by atoms with Crippen molar-refractivity contribution in [2.45, 2.75) is 0 Å². The Morgan fingerprint density at radius 3 is 2.67 bits per heavy atom. The Bertz CT molecular complexity index is 750. The van der Waals surface area contributed by atoms with Crippen LogP contribution in [0.2, 0.25) is 0 Å². The van der Waals surface area contributed by atoms with E-state index in [1.54, 1.807) is 42.5 Å². The van der Waals surface area contributed by atoms with Gasteiger partial charge in [0.25, 0.3) is 5.91 Å². The van der Waals surface area contributed by atoms with Crippen molar-refractivity contribution in [3.63, 3.8) is 0 Å². The van der Waals surface area contributed by atoms with Crippen LogP contribution in [0.5, 0.6) is 0 Å². The lowest BCUT2D eigenvalue weighted by molar-refractivity contribution is 0.102. The second-order valence-electron chi connectivity index (χ2n) is 4.01. The molecule has 0 aliphatic heterocycles. The van der Waals surface area contributed by atoms with Crippen molar-refractivity contribution in [3.8, 4) is 17.9 Å². The van der Waals surface area contributed by atoms with Crippen LogP contribution in [0.25, 0.3) is 0 Å². The van der Waals surface area contributed by atoms with Crippen LogP contribution in [0.4, 0.5) is 5.82 Å². The van der Waals surface area contributed by atoms with Gasteiger partial charge in [-0.3, -0.25) is 4.79 Å². The largest absolute Gasteiger partial charge is 0.384 e. The normalized spacial score (nSPS) is 9.14. The van der Waals surface area contributed by atoms with E-state index >= 15 is 0 Å². The molecule has 0 saturated heterocycles. The number of carbonyl (C=O) groups excluding carboxylic acids is 1. The van der Waals surface area contributed by atoms with Crippen molar-refractivity contribution in [3.05, 3.63) is 59.3 Å². The maximum atomic E-state index is 12.0. The summed E-state index contributed by atoms with van der Waals surface area (Å²) in [6.07, 6.45) is 0. The minimum Gasteiger partial charge on any atom is -0.384 e. The lowest BCUT2D eigenvalue weighted by atomic mass is 10.1. The number of amides is 1. The van der Waals surface area contributed by atoms with Crippen LogP contribution < -0.4 is 5.32 Å². The second-order valence-corrected chi connectivity index (χ2v) is 4.01. The van der Waals surface area contributed by atoms with Crippen LogP contribution in [-0.4, -0.2) is 22.6 Å². The number of aromatic nitrogens is 1. The van der Waals surface area contributed by atoms with Crippen LogP contribution in [-0.2, 0) is 0 Å². The highest BCUT2D eigenvalue weighted by Crippen LogP contribution is 2.08. The van der Waals surface area contributed by atoms with Crippen molar-refractivity contribution < 1.29 is 9.90 Å². The topological polar surface area (TPSA) is 86.0 Å². The molecule has 0 atom stereocenters. The minimum absolute atomic E-state index is 0.247. The molecule has 5 heteroatoms. The van der Waals surface area contributed by atoms with Gasteiger partial charge in [0.1, 0.15) is 18.1 Å². The number of aliphatic hydroxyl groups excluding tert-OH is 1. The molecule has 2 aromatic rings. The lowest BCUT2D eigenvalue weighted by Crippen LogP contribution is -2.13. The van der Waals surface area contributed by atoms with Gasteiger partial charge in [0.05, 0.1) is 11.6 Å². The minimum atomic E-state index is -0.320. The Morgan fingerprint density at radius 1 is 1.24 bits per heavy atom. The summed E-state index contributed by atoms with van der Waals surface area (Å²) in [5.41, 5.74) is 1.38. The fourth-order valence-electron chi connectivity index (χ4n) is 1.59. The number of carbonyl (C=O) groups is 1. The molecular formula is C16H11N3O2. The first kappa shape index (κ1) is 14.3. The molecule has 0 radical (unpaired) electrons. The smallest absolute Gasteiger partial charge is 0.256 e. The van der Waals surface area contributed by atoms with Crippen molar-refractivity contribution >= 4 is 11.7 Å². The molecule has 21 heavy (non-hydrogen) atoms. The molecule has 0 aliphatic carbocycles. The van der Waals surface area contributed by atoms with Gasteiger partial charge in [-0.05, 0) is 42.3 Å². The molecule has 102 valence electrons. The summed E-state index contributed by atoms with van der Waals surface area (Å²) >= 11 is 0. The van der Waals surface area contributed by atoms with E-state index in [9.17, 15) is 4.79 Å². The molecule has 1 aromatic carbocycles. The van der Waals surface area contributed by atoms with Crippen LogP contribution in [0.3, 0.4) is 0 Å². The average molecular weight is 277 g/mol. The summed E-state index contributed by atoms with van der Waals surface area (Å²) < 4.78 is 0. The van der Waals surface area contributed by atoms with E-state index in [1.807, 2.05) is 6.07 Å². The first-order chi connectivity index (χ1) is 10.2. The van der Waals surface area contributed by atoms with Gasteiger partial charge in [-0.1, -0.05) is 12.0 Å². The molecule has 5 nitrogen and oxygen atoms in total. The molecule has 0 bridgehead atoms. The van der Waals surface area contributed by atoms with E-state index in [0.29, 0.717) is 22.6 Å². The summed E-state index contributed by atoms with van der Waals surface area (Å²) in [6, 6.07) is 13.3. The zero-order valence-electron chi connectivity index (χ0n) is 11.0. The average Bonchev–Trinajstić information content (AvgIpc) is 2.53. The van der Waals surface area contributed by atoms with Gasteiger partial charge in [-0.25, -0.2) is 4.98 Å². The quantitative estimate of drug-likeness (QED) is 0.815. The number of hydrogen-bond donors (Lipinski definition) is 2. The third-order valence-corrected chi connectivity index (χ3v) is 2.56. The fourth-order valence-corrected chi connectivity index (χ4v) is 1.59. The van der Waals surface area contributed by atoms with Crippen molar-refractivity contribution in [2.24, 2.45) is 0 Å². The van der Waals surface area contributed by atoms with Gasteiger partial charge in [-0.15, -0.1) is 0 Å². The van der Waals surface area contributed by atoms with E-state index in [1.165, 1.54) is 0 Å². The Kier molecular flexibility index (Phi) is 4.66. The highest BCUT2D eigenvalue weighted by molar-refractivity contribution is 6.03. The van der Waals surface area contributed by atoms with E-state index in [-0.39, 0.29) is 12.5 Å². The van der Waals surface area contributed by atoms with E-state index in [4.69, 9.17) is 10.4 Å². The molecule has 1 aromatic heterocycles. The van der Waals surface area contributed by atoms with Gasteiger partial charge < -0.3 is 10.4 Å². The van der Waals surface area contributed by atoms with Gasteiger partial charge in [0, 0.05) is 5.56 Å². The number of hydrogen-bond acceptors (Lipinski definition) is 4. The summed E-state index contributed by atoms with van der Waals surface area (Å²) in [6.45, 7) is -0.247. The van der Waals surface area contributed by atoms with Gasteiger partial charge >= 0.3 is 0 Å². The van der Waals surface area contributed by atoms with Gasteiger partial charge in [-0.2, -0.15) is 5.26 Å².